The molecule has 15 heavy (non-hydrogen) atoms. The number of furan rings is 1. The molecule has 5 nitrogen and oxygen atoms in total. The molecule has 2 aromatic heterocycles. The molecule has 0 radical (unpaired) electrons. The highest BCUT2D eigenvalue weighted by Gasteiger charge is 2.06. The molecule has 1 N–H and O–H groups in total. The number of anilines is 1. The van der Waals surface area contributed by atoms with Gasteiger partial charge in [-0.15, -0.1) is 5.10 Å². The van der Waals surface area contributed by atoms with Gasteiger partial charge in [0.15, 0.2) is 0 Å². The summed E-state index contributed by atoms with van der Waals surface area (Å²) < 4.78 is 7.04. The van der Waals surface area contributed by atoms with Gasteiger partial charge >= 0.3 is 0 Å². The van der Waals surface area contributed by atoms with E-state index in [1.165, 1.54) is 0 Å². The van der Waals surface area contributed by atoms with Gasteiger partial charge in [-0.25, -0.2) is 0 Å². The van der Waals surface area contributed by atoms with Gasteiger partial charge in [-0.05, 0) is 12.1 Å². The number of hydrogen-bond donors (Lipinski definition) is 1. The van der Waals surface area contributed by atoms with Gasteiger partial charge in [0.05, 0.1) is 6.26 Å². The highest BCUT2D eigenvalue weighted by molar-refractivity contribution is 5.21. The first-order valence-corrected chi connectivity index (χ1v) is 4.89. The molecule has 0 saturated carbocycles. The summed E-state index contributed by atoms with van der Waals surface area (Å²) in [6, 6.07) is 3.86. The number of aromatic nitrogens is 3. The summed E-state index contributed by atoms with van der Waals surface area (Å²) in [4.78, 5) is 4.33. The van der Waals surface area contributed by atoms with Crippen LogP contribution in [-0.2, 0) is 19.9 Å². The summed E-state index contributed by atoms with van der Waals surface area (Å²) >= 11 is 0. The van der Waals surface area contributed by atoms with E-state index >= 15 is 0 Å². The summed E-state index contributed by atoms with van der Waals surface area (Å²) in [6.07, 6.45) is 3.37. The largest absolute Gasteiger partial charge is 0.469 e. The Morgan fingerprint density at radius 3 is 2.93 bits per heavy atom. The molecule has 0 spiro atoms. The Morgan fingerprint density at radius 1 is 1.47 bits per heavy atom. The van der Waals surface area contributed by atoms with Crippen LogP contribution in [0.1, 0.15) is 11.6 Å². The van der Waals surface area contributed by atoms with Crippen molar-refractivity contribution >= 4 is 5.95 Å². The minimum absolute atomic E-state index is 0.659. The summed E-state index contributed by atoms with van der Waals surface area (Å²) in [7, 11) is 3.71. The molecule has 0 saturated heterocycles. The van der Waals surface area contributed by atoms with Gasteiger partial charge in [-0.3, -0.25) is 4.68 Å². The second kappa shape index (κ2) is 4.16. The SMILES string of the molecule is CNc1nc(CCc2ccco2)n(C)n1. The Morgan fingerprint density at radius 2 is 2.33 bits per heavy atom. The first kappa shape index (κ1) is 9.76. The molecule has 80 valence electrons. The van der Waals surface area contributed by atoms with Crippen LogP contribution in [0.5, 0.6) is 0 Å². The van der Waals surface area contributed by atoms with Crippen molar-refractivity contribution in [1.29, 1.82) is 0 Å². The lowest BCUT2D eigenvalue weighted by atomic mass is 10.2. The van der Waals surface area contributed by atoms with Gasteiger partial charge in [0, 0.05) is 26.9 Å². The maximum Gasteiger partial charge on any atom is 0.242 e. The zero-order chi connectivity index (χ0) is 10.7. The van der Waals surface area contributed by atoms with E-state index in [-0.39, 0.29) is 0 Å². The van der Waals surface area contributed by atoms with Crippen LogP contribution in [0.4, 0.5) is 5.95 Å². The van der Waals surface area contributed by atoms with Crippen LogP contribution in [0.3, 0.4) is 0 Å². The second-order valence-electron chi connectivity index (χ2n) is 3.30. The standard InChI is InChI=1S/C10H14N4O/c1-11-10-12-9(14(2)13-10)6-5-8-4-3-7-15-8/h3-4,7H,5-6H2,1-2H3,(H,11,13). The smallest absolute Gasteiger partial charge is 0.242 e. The highest BCUT2D eigenvalue weighted by atomic mass is 16.3. The summed E-state index contributed by atoms with van der Waals surface area (Å²) in [5.74, 6) is 2.59. The van der Waals surface area contributed by atoms with E-state index in [1.54, 1.807) is 10.9 Å². The van der Waals surface area contributed by atoms with Crippen LogP contribution in [0.2, 0.25) is 0 Å². The van der Waals surface area contributed by atoms with Gasteiger partial charge < -0.3 is 9.73 Å². The average Bonchev–Trinajstić information content (AvgIpc) is 2.84. The minimum Gasteiger partial charge on any atom is -0.469 e. The molecule has 0 atom stereocenters. The topological polar surface area (TPSA) is 55.9 Å². The minimum atomic E-state index is 0.659. The van der Waals surface area contributed by atoms with Crippen LogP contribution in [0.15, 0.2) is 22.8 Å². The van der Waals surface area contributed by atoms with E-state index in [4.69, 9.17) is 4.42 Å². The number of aryl methyl sites for hydroxylation is 3. The third-order valence-electron chi connectivity index (χ3n) is 2.25. The molecule has 0 bridgehead atoms. The van der Waals surface area contributed by atoms with E-state index in [9.17, 15) is 0 Å². The van der Waals surface area contributed by atoms with E-state index < -0.39 is 0 Å². The molecule has 0 unspecified atom stereocenters. The van der Waals surface area contributed by atoms with E-state index in [1.807, 2.05) is 26.2 Å². The van der Waals surface area contributed by atoms with Crippen molar-refractivity contribution in [2.45, 2.75) is 12.8 Å². The quantitative estimate of drug-likeness (QED) is 0.817. The van der Waals surface area contributed by atoms with Crippen molar-refractivity contribution in [2.75, 3.05) is 12.4 Å². The van der Waals surface area contributed by atoms with Gasteiger partial charge in [0.1, 0.15) is 11.6 Å². The van der Waals surface area contributed by atoms with Crippen molar-refractivity contribution in [3.05, 3.63) is 30.0 Å². The first-order chi connectivity index (χ1) is 7.29. The van der Waals surface area contributed by atoms with Crippen LogP contribution >= 0.6 is 0 Å². The zero-order valence-corrected chi connectivity index (χ0v) is 8.90. The van der Waals surface area contributed by atoms with Gasteiger partial charge in [0.25, 0.3) is 0 Å². The van der Waals surface area contributed by atoms with Gasteiger partial charge in [0.2, 0.25) is 5.95 Å². The van der Waals surface area contributed by atoms with Gasteiger partial charge in [-0.2, -0.15) is 4.98 Å². The third-order valence-corrected chi connectivity index (χ3v) is 2.25. The first-order valence-electron chi connectivity index (χ1n) is 4.89. The van der Waals surface area contributed by atoms with E-state index in [2.05, 4.69) is 15.4 Å². The molecule has 5 heteroatoms. The molecular formula is C10H14N4O. The molecular weight excluding hydrogens is 192 g/mol. The number of nitrogens with one attached hydrogen (secondary N) is 1. The van der Waals surface area contributed by atoms with Crippen molar-refractivity contribution < 1.29 is 4.42 Å². The summed E-state index contributed by atoms with van der Waals surface area (Å²) in [6.45, 7) is 0. The van der Waals surface area contributed by atoms with Crippen molar-refractivity contribution in [1.82, 2.24) is 14.8 Å². The summed E-state index contributed by atoms with van der Waals surface area (Å²) in [5, 5.41) is 7.11. The van der Waals surface area contributed by atoms with Crippen LogP contribution in [-0.4, -0.2) is 21.8 Å². The fourth-order valence-corrected chi connectivity index (χ4v) is 1.43. The lowest BCUT2D eigenvalue weighted by Crippen LogP contribution is -2.01. The Hall–Kier alpha value is -1.78. The van der Waals surface area contributed by atoms with Crippen LogP contribution in [0, 0.1) is 0 Å². The predicted octanol–water partition coefficient (Wildman–Crippen LogP) is 1.23. The molecule has 2 heterocycles. The molecule has 0 fully saturated rings. The van der Waals surface area contributed by atoms with Gasteiger partial charge in [-0.1, -0.05) is 0 Å². The van der Waals surface area contributed by atoms with Crippen molar-refractivity contribution in [2.24, 2.45) is 7.05 Å². The molecule has 0 aromatic carbocycles. The lowest BCUT2D eigenvalue weighted by molar-refractivity contribution is 0.503. The Kier molecular flexibility index (Phi) is 2.71. The molecule has 0 aliphatic carbocycles. The maximum atomic E-state index is 5.26. The Bertz CT molecular complexity index is 419. The normalized spacial score (nSPS) is 10.5. The Labute approximate surface area is 88.1 Å². The second-order valence-corrected chi connectivity index (χ2v) is 3.30. The Balaban J connectivity index is 2.01. The zero-order valence-electron chi connectivity index (χ0n) is 8.90. The van der Waals surface area contributed by atoms with E-state index in [0.717, 1.165) is 24.4 Å². The van der Waals surface area contributed by atoms with E-state index in [0.29, 0.717) is 5.95 Å². The number of hydrogen-bond acceptors (Lipinski definition) is 4. The molecule has 0 amide bonds. The molecule has 0 aliphatic rings. The van der Waals surface area contributed by atoms with Crippen LogP contribution in [0.25, 0.3) is 0 Å². The highest BCUT2D eigenvalue weighted by Crippen LogP contribution is 2.07. The van der Waals surface area contributed by atoms with Crippen LogP contribution < -0.4 is 5.32 Å². The monoisotopic (exact) mass is 206 g/mol. The average molecular weight is 206 g/mol. The summed E-state index contributed by atoms with van der Waals surface area (Å²) in [5.41, 5.74) is 0. The maximum absolute atomic E-state index is 5.26. The van der Waals surface area contributed by atoms with Crippen molar-refractivity contribution in [3.8, 4) is 0 Å². The lowest BCUT2D eigenvalue weighted by Gasteiger charge is -1.96. The third kappa shape index (κ3) is 2.18. The fraction of sp³-hybridized carbons (Fsp3) is 0.400. The molecule has 0 aliphatic heterocycles. The molecule has 2 rings (SSSR count). The molecule has 2 aromatic rings. The number of rotatable bonds is 4. The predicted molar refractivity (Wildman–Crippen MR) is 56.7 cm³/mol. The van der Waals surface area contributed by atoms with Crippen molar-refractivity contribution in [3.63, 3.8) is 0 Å². The number of nitrogens with zero attached hydrogens (tertiary/aromatic N) is 3. The fourth-order valence-electron chi connectivity index (χ4n) is 1.43.